The van der Waals surface area contributed by atoms with E-state index in [1.54, 1.807) is 0 Å². The first-order valence-electron chi connectivity index (χ1n) is 6.85. The molecule has 19 heavy (non-hydrogen) atoms. The van der Waals surface area contributed by atoms with Gasteiger partial charge in [0.1, 0.15) is 0 Å². The number of nitrogens with zero attached hydrogens (tertiary/aromatic N) is 2. The van der Waals surface area contributed by atoms with Gasteiger partial charge in [-0.1, -0.05) is 18.2 Å². The maximum Gasteiger partial charge on any atom is 0.239 e. The number of carbonyl (C=O) groups excluding carboxylic acids is 1. The van der Waals surface area contributed by atoms with Gasteiger partial charge in [0.15, 0.2) is 0 Å². The fourth-order valence-corrected chi connectivity index (χ4v) is 1.88. The van der Waals surface area contributed by atoms with Crippen LogP contribution in [0.5, 0.6) is 0 Å². The first-order chi connectivity index (χ1) is 9.13. The summed E-state index contributed by atoms with van der Waals surface area (Å²) >= 11 is 0. The Morgan fingerprint density at radius 2 is 1.89 bits per heavy atom. The molecule has 0 unspecified atom stereocenters. The van der Waals surface area contributed by atoms with Gasteiger partial charge in [-0.15, -0.1) is 0 Å². The van der Waals surface area contributed by atoms with Crippen molar-refractivity contribution < 1.29 is 4.79 Å². The first-order valence-corrected chi connectivity index (χ1v) is 6.85. The number of nitrogens with one attached hydrogen (secondary N) is 1. The van der Waals surface area contributed by atoms with Crippen LogP contribution in [0.15, 0.2) is 30.3 Å². The molecule has 4 nitrogen and oxygen atoms in total. The lowest BCUT2D eigenvalue weighted by Crippen LogP contribution is -2.38. The number of carbonyl (C=O) groups is 1. The van der Waals surface area contributed by atoms with E-state index in [-0.39, 0.29) is 5.91 Å². The lowest BCUT2D eigenvalue weighted by Gasteiger charge is -2.22. The maximum atomic E-state index is 11.9. The third kappa shape index (κ3) is 6.25. The highest BCUT2D eigenvalue weighted by Crippen LogP contribution is 2.11. The average molecular weight is 263 g/mol. The fourth-order valence-electron chi connectivity index (χ4n) is 1.88. The Bertz CT molecular complexity index is 365. The standard InChI is InChI=1S/C15H25N3O/c1-4-18(14-9-6-5-7-10-14)13-15(19)16-11-8-12-17(2)3/h5-7,9-10H,4,8,11-13H2,1-3H3,(H,16,19). The van der Waals surface area contributed by atoms with Crippen molar-refractivity contribution in [2.24, 2.45) is 0 Å². The summed E-state index contributed by atoms with van der Waals surface area (Å²) in [6.45, 7) is 5.05. The average Bonchev–Trinajstić information content (AvgIpc) is 2.41. The molecule has 0 spiro atoms. The molecule has 0 saturated heterocycles. The minimum atomic E-state index is 0.0875. The van der Waals surface area contributed by atoms with Gasteiger partial charge in [-0.2, -0.15) is 0 Å². The van der Waals surface area contributed by atoms with E-state index >= 15 is 0 Å². The Labute approximate surface area is 116 Å². The van der Waals surface area contributed by atoms with Crippen molar-refractivity contribution >= 4 is 11.6 Å². The normalized spacial score (nSPS) is 10.5. The highest BCUT2D eigenvalue weighted by molar-refractivity contribution is 5.81. The zero-order chi connectivity index (χ0) is 14.1. The van der Waals surface area contributed by atoms with E-state index in [2.05, 4.69) is 22.0 Å². The maximum absolute atomic E-state index is 11.9. The molecule has 0 saturated carbocycles. The number of rotatable bonds is 8. The molecule has 4 heteroatoms. The van der Waals surface area contributed by atoms with Crippen LogP contribution in [0.2, 0.25) is 0 Å². The number of likely N-dealkylation sites (N-methyl/N-ethyl adjacent to an activating group) is 1. The molecule has 106 valence electrons. The smallest absolute Gasteiger partial charge is 0.239 e. The van der Waals surface area contributed by atoms with Crippen molar-refractivity contribution in [3.05, 3.63) is 30.3 Å². The molecule has 0 aliphatic rings. The molecule has 0 aromatic heterocycles. The molecule has 0 aliphatic heterocycles. The minimum absolute atomic E-state index is 0.0875. The lowest BCUT2D eigenvalue weighted by molar-refractivity contribution is -0.119. The summed E-state index contributed by atoms with van der Waals surface area (Å²) in [6.07, 6.45) is 0.982. The number of para-hydroxylation sites is 1. The second-order valence-electron chi connectivity index (χ2n) is 4.86. The van der Waals surface area contributed by atoms with Crippen LogP contribution >= 0.6 is 0 Å². The third-order valence-electron chi connectivity index (χ3n) is 2.94. The Hall–Kier alpha value is -1.55. The molecular weight excluding hydrogens is 238 g/mol. The van der Waals surface area contributed by atoms with Gasteiger partial charge in [0, 0.05) is 18.8 Å². The predicted octanol–water partition coefficient (Wildman–Crippen LogP) is 1.58. The van der Waals surface area contributed by atoms with Crippen LogP contribution in [0.4, 0.5) is 5.69 Å². The molecular formula is C15H25N3O. The predicted molar refractivity (Wildman–Crippen MR) is 80.5 cm³/mol. The van der Waals surface area contributed by atoms with Gasteiger partial charge in [-0.05, 0) is 46.1 Å². The van der Waals surface area contributed by atoms with Crippen LogP contribution in [-0.2, 0) is 4.79 Å². The SMILES string of the molecule is CCN(CC(=O)NCCCN(C)C)c1ccccc1. The molecule has 1 amide bonds. The largest absolute Gasteiger partial charge is 0.363 e. The molecule has 1 N–H and O–H groups in total. The minimum Gasteiger partial charge on any atom is -0.363 e. The second kappa shape index (κ2) is 8.53. The quantitative estimate of drug-likeness (QED) is 0.723. The summed E-state index contributed by atoms with van der Waals surface area (Å²) < 4.78 is 0. The van der Waals surface area contributed by atoms with E-state index in [1.807, 2.05) is 44.4 Å². The lowest BCUT2D eigenvalue weighted by atomic mass is 10.3. The molecule has 0 aliphatic carbocycles. The van der Waals surface area contributed by atoms with Gasteiger partial charge in [0.05, 0.1) is 6.54 Å². The van der Waals surface area contributed by atoms with Gasteiger partial charge >= 0.3 is 0 Å². The number of hydrogen-bond donors (Lipinski definition) is 1. The van der Waals surface area contributed by atoms with Gasteiger partial charge < -0.3 is 15.1 Å². The Kier molecular flexibility index (Phi) is 6.97. The molecule has 0 radical (unpaired) electrons. The van der Waals surface area contributed by atoms with Gasteiger partial charge in [-0.3, -0.25) is 4.79 Å². The molecule has 0 bridgehead atoms. The van der Waals surface area contributed by atoms with Crippen LogP contribution < -0.4 is 10.2 Å². The molecule has 1 aromatic rings. The van der Waals surface area contributed by atoms with E-state index in [9.17, 15) is 4.79 Å². The number of benzene rings is 1. The van der Waals surface area contributed by atoms with Crippen molar-refractivity contribution in [3.8, 4) is 0 Å². The summed E-state index contributed by atoms with van der Waals surface area (Å²) in [6, 6.07) is 10.0. The van der Waals surface area contributed by atoms with Crippen LogP contribution in [0.1, 0.15) is 13.3 Å². The van der Waals surface area contributed by atoms with Crippen LogP contribution in [0, 0.1) is 0 Å². The van der Waals surface area contributed by atoms with Crippen LogP contribution in [0.25, 0.3) is 0 Å². The monoisotopic (exact) mass is 263 g/mol. The van der Waals surface area contributed by atoms with Crippen LogP contribution in [-0.4, -0.2) is 51.1 Å². The van der Waals surface area contributed by atoms with Gasteiger partial charge in [-0.25, -0.2) is 0 Å². The van der Waals surface area contributed by atoms with E-state index < -0.39 is 0 Å². The first kappa shape index (κ1) is 15.5. The van der Waals surface area contributed by atoms with E-state index in [4.69, 9.17) is 0 Å². The summed E-state index contributed by atoms with van der Waals surface area (Å²) in [5.41, 5.74) is 1.09. The fraction of sp³-hybridized carbons (Fsp3) is 0.533. The summed E-state index contributed by atoms with van der Waals surface area (Å²) in [5.74, 6) is 0.0875. The van der Waals surface area contributed by atoms with Crippen LogP contribution in [0.3, 0.4) is 0 Å². The Morgan fingerprint density at radius 3 is 2.47 bits per heavy atom. The summed E-state index contributed by atoms with van der Waals surface area (Å²) in [5, 5.41) is 2.97. The van der Waals surface area contributed by atoms with Crippen molar-refractivity contribution in [1.82, 2.24) is 10.2 Å². The Morgan fingerprint density at radius 1 is 1.21 bits per heavy atom. The zero-order valence-corrected chi connectivity index (χ0v) is 12.2. The molecule has 0 atom stereocenters. The second-order valence-corrected chi connectivity index (χ2v) is 4.86. The number of amides is 1. The van der Waals surface area contributed by atoms with Gasteiger partial charge in [0.25, 0.3) is 0 Å². The summed E-state index contributed by atoms with van der Waals surface area (Å²) in [7, 11) is 4.08. The number of hydrogen-bond acceptors (Lipinski definition) is 3. The summed E-state index contributed by atoms with van der Waals surface area (Å²) in [4.78, 5) is 16.1. The number of anilines is 1. The van der Waals surface area contributed by atoms with Crippen molar-refractivity contribution in [3.63, 3.8) is 0 Å². The molecule has 0 fully saturated rings. The van der Waals surface area contributed by atoms with Crippen molar-refractivity contribution in [2.45, 2.75) is 13.3 Å². The highest BCUT2D eigenvalue weighted by atomic mass is 16.2. The molecule has 1 rings (SSSR count). The zero-order valence-electron chi connectivity index (χ0n) is 12.2. The third-order valence-corrected chi connectivity index (χ3v) is 2.94. The van der Waals surface area contributed by atoms with Crippen molar-refractivity contribution in [2.75, 3.05) is 45.2 Å². The van der Waals surface area contributed by atoms with E-state index in [0.717, 1.165) is 31.7 Å². The van der Waals surface area contributed by atoms with Gasteiger partial charge in [0.2, 0.25) is 5.91 Å². The van der Waals surface area contributed by atoms with Crippen molar-refractivity contribution in [1.29, 1.82) is 0 Å². The topological polar surface area (TPSA) is 35.6 Å². The Balaban J connectivity index is 2.33. The molecule has 1 aromatic carbocycles. The van der Waals surface area contributed by atoms with E-state index in [1.165, 1.54) is 0 Å². The molecule has 0 heterocycles. The van der Waals surface area contributed by atoms with E-state index in [0.29, 0.717) is 6.54 Å². The highest BCUT2D eigenvalue weighted by Gasteiger charge is 2.08.